The van der Waals surface area contributed by atoms with Crippen LogP contribution < -0.4 is 0 Å². The first-order valence-electron chi connectivity index (χ1n) is 7.46. The van der Waals surface area contributed by atoms with Gasteiger partial charge in [0.2, 0.25) is 0 Å². The van der Waals surface area contributed by atoms with Gasteiger partial charge in [-0.3, -0.25) is 19.7 Å². The first-order valence-corrected chi connectivity index (χ1v) is 7.83. The fourth-order valence-electron chi connectivity index (χ4n) is 2.33. The Labute approximate surface area is 144 Å². The zero-order valence-electron chi connectivity index (χ0n) is 13.1. The van der Waals surface area contributed by atoms with E-state index >= 15 is 0 Å². The highest BCUT2D eigenvalue weighted by Crippen LogP contribution is 2.16. The number of aryl methyl sites for hydroxylation is 1. The van der Waals surface area contributed by atoms with Crippen LogP contribution in [0.1, 0.15) is 16.8 Å². The van der Waals surface area contributed by atoms with Crippen molar-refractivity contribution in [1.82, 2.24) is 19.9 Å². The van der Waals surface area contributed by atoms with Crippen LogP contribution in [0.5, 0.6) is 0 Å². The van der Waals surface area contributed by atoms with Gasteiger partial charge in [-0.2, -0.15) is 0 Å². The van der Waals surface area contributed by atoms with Crippen molar-refractivity contribution >= 4 is 17.4 Å². The standard InChI is InChI=1S/C18H15ClN4O/c1-12-6-13(9-23-18(12)19)7-16(24)8-15-3-2-14(10-22-15)17-11-20-4-5-21-17/h2-6,9-11H,7-8H2,1H3. The zero-order chi connectivity index (χ0) is 16.9. The molecular weight excluding hydrogens is 324 g/mol. The Balaban J connectivity index is 1.65. The van der Waals surface area contributed by atoms with Gasteiger partial charge in [0.1, 0.15) is 10.9 Å². The number of carbonyl (C=O) groups excluding carboxylic acids is 1. The largest absolute Gasteiger partial charge is 0.299 e. The van der Waals surface area contributed by atoms with E-state index < -0.39 is 0 Å². The molecule has 0 bridgehead atoms. The van der Waals surface area contributed by atoms with Crippen molar-refractivity contribution < 1.29 is 4.79 Å². The van der Waals surface area contributed by atoms with Crippen LogP contribution in [0.3, 0.4) is 0 Å². The number of halogens is 1. The second-order valence-electron chi connectivity index (χ2n) is 5.47. The number of aromatic nitrogens is 4. The highest BCUT2D eigenvalue weighted by molar-refractivity contribution is 6.30. The second kappa shape index (κ2) is 7.27. The molecule has 0 saturated carbocycles. The summed E-state index contributed by atoms with van der Waals surface area (Å²) in [6, 6.07) is 5.62. The molecule has 0 aliphatic rings. The average molecular weight is 339 g/mol. The number of Topliss-reactive ketones (excluding diaryl/α,β-unsaturated/α-hetero) is 1. The van der Waals surface area contributed by atoms with E-state index in [1.165, 1.54) is 0 Å². The summed E-state index contributed by atoms with van der Waals surface area (Å²) in [6.07, 6.45) is 8.88. The third-order valence-electron chi connectivity index (χ3n) is 3.53. The smallest absolute Gasteiger partial charge is 0.143 e. The number of pyridine rings is 2. The van der Waals surface area contributed by atoms with Crippen molar-refractivity contribution in [3.8, 4) is 11.3 Å². The fourth-order valence-corrected chi connectivity index (χ4v) is 2.44. The fraction of sp³-hybridized carbons (Fsp3) is 0.167. The van der Waals surface area contributed by atoms with Gasteiger partial charge in [-0.25, -0.2) is 4.98 Å². The maximum absolute atomic E-state index is 12.2. The Hall–Kier alpha value is -2.66. The molecule has 0 aromatic carbocycles. The van der Waals surface area contributed by atoms with Crippen molar-refractivity contribution in [3.63, 3.8) is 0 Å². The summed E-state index contributed by atoms with van der Waals surface area (Å²) < 4.78 is 0. The van der Waals surface area contributed by atoms with Crippen LogP contribution in [0.15, 0.2) is 49.2 Å². The molecule has 120 valence electrons. The Bertz CT molecular complexity index is 851. The molecule has 0 fully saturated rings. The maximum Gasteiger partial charge on any atom is 0.143 e. The molecular formula is C18H15ClN4O. The molecule has 0 radical (unpaired) electrons. The Morgan fingerprint density at radius 3 is 2.58 bits per heavy atom. The molecule has 3 aromatic heterocycles. The van der Waals surface area contributed by atoms with Crippen LogP contribution in [-0.2, 0) is 17.6 Å². The lowest BCUT2D eigenvalue weighted by Crippen LogP contribution is -2.08. The molecule has 3 aromatic rings. The summed E-state index contributed by atoms with van der Waals surface area (Å²) in [4.78, 5) is 28.9. The first-order chi connectivity index (χ1) is 11.6. The van der Waals surface area contributed by atoms with Crippen molar-refractivity contribution in [1.29, 1.82) is 0 Å². The van der Waals surface area contributed by atoms with Gasteiger partial charge >= 0.3 is 0 Å². The third kappa shape index (κ3) is 4.00. The van der Waals surface area contributed by atoms with Gasteiger partial charge in [-0.05, 0) is 30.2 Å². The number of hydrogen-bond donors (Lipinski definition) is 0. The molecule has 0 atom stereocenters. The van der Waals surface area contributed by atoms with Crippen molar-refractivity contribution in [2.45, 2.75) is 19.8 Å². The van der Waals surface area contributed by atoms with E-state index in [9.17, 15) is 4.79 Å². The third-order valence-corrected chi connectivity index (χ3v) is 3.93. The summed E-state index contributed by atoms with van der Waals surface area (Å²) in [5, 5.41) is 0.465. The molecule has 0 amide bonds. The molecule has 0 N–H and O–H groups in total. The molecule has 0 saturated heterocycles. The van der Waals surface area contributed by atoms with Gasteiger partial charge < -0.3 is 0 Å². The minimum Gasteiger partial charge on any atom is -0.299 e. The van der Waals surface area contributed by atoms with Gasteiger partial charge in [-0.15, -0.1) is 0 Å². The number of hydrogen-bond acceptors (Lipinski definition) is 5. The first kappa shape index (κ1) is 16.2. The number of ketones is 1. The van der Waals surface area contributed by atoms with E-state index in [2.05, 4.69) is 19.9 Å². The van der Waals surface area contributed by atoms with E-state index in [-0.39, 0.29) is 12.2 Å². The molecule has 0 aliphatic heterocycles. The predicted octanol–water partition coefficient (Wildman–Crippen LogP) is 3.25. The van der Waals surface area contributed by atoms with E-state index in [1.807, 2.05) is 25.1 Å². The Morgan fingerprint density at radius 1 is 1.04 bits per heavy atom. The quantitative estimate of drug-likeness (QED) is 0.668. The topological polar surface area (TPSA) is 68.6 Å². The molecule has 0 unspecified atom stereocenters. The van der Waals surface area contributed by atoms with Gasteiger partial charge in [-0.1, -0.05) is 17.7 Å². The lowest BCUT2D eigenvalue weighted by Gasteiger charge is -2.04. The van der Waals surface area contributed by atoms with Crippen LogP contribution in [-0.4, -0.2) is 25.7 Å². The van der Waals surface area contributed by atoms with Crippen LogP contribution in [0.4, 0.5) is 0 Å². The van der Waals surface area contributed by atoms with Crippen LogP contribution >= 0.6 is 11.6 Å². The molecule has 0 spiro atoms. The Kier molecular flexibility index (Phi) is 4.91. The average Bonchev–Trinajstić information content (AvgIpc) is 2.59. The molecule has 6 heteroatoms. The van der Waals surface area contributed by atoms with Crippen LogP contribution in [0.25, 0.3) is 11.3 Å². The van der Waals surface area contributed by atoms with Gasteiger partial charge in [0.05, 0.1) is 11.9 Å². The minimum absolute atomic E-state index is 0.0817. The van der Waals surface area contributed by atoms with Crippen molar-refractivity contribution in [2.75, 3.05) is 0 Å². The number of rotatable bonds is 5. The van der Waals surface area contributed by atoms with E-state index in [4.69, 9.17) is 11.6 Å². The van der Waals surface area contributed by atoms with Crippen molar-refractivity contribution in [3.05, 3.63) is 71.2 Å². The normalized spacial score (nSPS) is 10.6. The zero-order valence-corrected chi connectivity index (χ0v) is 13.9. The lowest BCUT2D eigenvalue weighted by atomic mass is 10.1. The molecule has 0 aliphatic carbocycles. The summed E-state index contributed by atoms with van der Waals surface area (Å²) >= 11 is 5.90. The molecule has 24 heavy (non-hydrogen) atoms. The molecule has 3 rings (SSSR count). The van der Waals surface area contributed by atoms with Crippen LogP contribution in [0, 0.1) is 6.92 Å². The summed E-state index contributed by atoms with van der Waals surface area (Å²) in [7, 11) is 0. The van der Waals surface area contributed by atoms with Gasteiger partial charge in [0.25, 0.3) is 0 Å². The maximum atomic E-state index is 12.2. The number of nitrogens with zero attached hydrogens (tertiary/aromatic N) is 4. The highest BCUT2D eigenvalue weighted by atomic mass is 35.5. The minimum atomic E-state index is 0.0817. The molecule has 5 nitrogen and oxygen atoms in total. The monoisotopic (exact) mass is 338 g/mol. The summed E-state index contributed by atoms with van der Waals surface area (Å²) in [5.41, 5.74) is 4.08. The summed E-state index contributed by atoms with van der Waals surface area (Å²) in [5.74, 6) is 0.0817. The van der Waals surface area contributed by atoms with E-state index in [0.29, 0.717) is 11.6 Å². The second-order valence-corrected chi connectivity index (χ2v) is 5.83. The Morgan fingerprint density at radius 2 is 1.92 bits per heavy atom. The van der Waals surface area contributed by atoms with E-state index in [0.717, 1.165) is 28.1 Å². The van der Waals surface area contributed by atoms with Crippen LogP contribution in [0.2, 0.25) is 5.15 Å². The summed E-state index contributed by atoms with van der Waals surface area (Å²) in [6.45, 7) is 1.87. The van der Waals surface area contributed by atoms with Gasteiger partial charge in [0.15, 0.2) is 0 Å². The number of carbonyl (C=O) groups is 1. The van der Waals surface area contributed by atoms with Crippen molar-refractivity contribution in [2.24, 2.45) is 0 Å². The van der Waals surface area contributed by atoms with Gasteiger partial charge in [0, 0.05) is 48.9 Å². The molecule has 3 heterocycles. The lowest BCUT2D eigenvalue weighted by molar-refractivity contribution is -0.117. The highest BCUT2D eigenvalue weighted by Gasteiger charge is 2.09. The van der Waals surface area contributed by atoms with E-state index in [1.54, 1.807) is 31.0 Å². The SMILES string of the molecule is Cc1cc(CC(=O)Cc2ccc(-c3cnccn3)cn2)cnc1Cl. The predicted molar refractivity (Wildman–Crippen MR) is 91.7 cm³/mol.